The Morgan fingerprint density at radius 2 is 0.911 bits per heavy atom. The highest BCUT2D eigenvalue weighted by Crippen LogP contribution is 2.48. The number of rotatable bonds is 17. The lowest BCUT2D eigenvalue weighted by Crippen LogP contribution is -2.39. The zero-order valence-corrected chi connectivity index (χ0v) is 55.6. The van der Waals surface area contributed by atoms with Gasteiger partial charge in [0.2, 0.25) is 0 Å². The maximum atomic E-state index is 13.6. The van der Waals surface area contributed by atoms with Crippen LogP contribution in [0, 0.1) is 50.2 Å². The Hall–Kier alpha value is -6.98. The number of hydrogen-bond acceptors (Lipinski definition) is 13. The van der Waals surface area contributed by atoms with Gasteiger partial charge in [-0.2, -0.15) is 0 Å². The Morgan fingerprint density at radius 1 is 0.556 bits per heavy atom. The van der Waals surface area contributed by atoms with E-state index in [0.29, 0.717) is 43.4 Å². The molecule has 16 heteroatoms. The van der Waals surface area contributed by atoms with Gasteiger partial charge >= 0.3 is 11.9 Å². The number of piperidine rings is 2. The number of hydrogen-bond donors (Lipinski definition) is 1. The second-order valence-electron chi connectivity index (χ2n) is 28.2. The van der Waals surface area contributed by atoms with Crippen LogP contribution in [0.2, 0.25) is 0 Å². The third-order valence-electron chi connectivity index (χ3n) is 17.7. The van der Waals surface area contributed by atoms with Gasteiger partial charge < -0.3 is 48.1 Å². The number of benzene rings is 4. The van der Waals surface area contributed by atoms with Crippen LogP contribution < -0.4 is 19.3 Å². The van der Waals surface area contributed by atoms with Gasteiger partial charge in [0.25, 0.3) is 0 Å². The molecule has 90 heavy (non-hydrogen) atoms. The molecule has 0 aliphatic carbocycles. The maximum absolute atomic E-state index is 13.6. The molecule has 6 heterocycles. The van der Waals surface area contributed by atoms with E-state index in [0.717, 1.165) is 125 Å². The van der Waals surface area contributed by atoms with Gasteiger partial charge in [-0.1, -0.05) is 76.2 Å². The number of carboxylic acids is 1. The van der Waals surface area contributed by atoms with Crippen molar-refractivity contribution in [3.8, 4) is 33.8 Å². The van der Waals surface area contributed by atoms with Crippen LogP contribution in [0.4, 0.5) is 20.2 Å². The van der Waals surface area contributed by atoms with Crippen molar-refractivity contribution >= 4 is 23.3 Å². The van der Waals surface area contributed by atoms with Crippen LogP contribution in [0.15, 0.2) is 97.1 Å². The topological polar surface area (TPSA) is 151 Å². The summed E-state index contributed by atoms with van der Waals surface area (Å²) in [5.41, 5.74) is 11.4. The molecule has 1 N–H and O–H groups in total. The first-order valence-corrected chi connectivity index (χ1v) is 32.0. The fourth-order valence-electron chi connectivity index (χ4n) is 12.8. The van der Waals surface area contributed by atoms with E-state index in [1.54, 1.807) is 24.3 Å². The predicted molar refractivity (Wildman–Crippen MR) is 349 cm³/mol. The Bertz CT molecular complexity index is 3430. The lowest BCUT2D eigenvalue weighted by molar-refractivity contribution is -0.166. The zero-order chi connectivity index (χ0) is 65.0. The Balaban J connectivity index is 0.000000214. The maximum Gasteiger partial charge on any atom is 0.340 e. The summed E-state index contributed by atoms with van der Waals surface area (Å²) in [4.78, 5) is 40.9. The molecule has 2 aromatic heterocycles. The third kappa shape index (κ3) is 16.4. The number of carboxylic acid groups (broad SMARTS) is 1. The lowest BCUT2D eigenvalue weighted by Gasteiger charge is -2.41. The van der Waals surface area contributed by atoms with Gasteiger partial charge in [0.15, 0.2) is 12.2 Å². The van der Waals surface area contributed by atoms with Crippen LogP contribution in [0.3, 0.4) is 0 Å². The molecule has 14 nitrogen and oxygen atoms in total. The third-order valence-corrected chi connectivity index (χ3v) is 17.7. The molecule has 0 amide bonds. The number of carbonyl (C=O) groups excluding carboxylic acids is 1. The Kier molecular flexibility index (Phi) is 20.9. The summed E-state index contributed by atoms with van der Waals surface area (Å²) in [6.45, 7) is 35.9. The first-order valence-electron chi connectivity index (χ1n) is 32.0. The summed E-state index contributed by atoms with van der Waals surface area (Å²) in [6, 6.07) is 29.0. The van der Waals surface area contributed by atoms with Gasteiger partial charge in [0, 0.05) is 83.0 Å². The van der Waals surface area contributed by atoms with Gasteiger partial charge in [-0.3, -0.25) is 9.97 Å². The van der Waals surface area contributed by atoms with E-state index < -0.39 is 35.3 Å². The molecule has 4 saturated heterocycles. The minimum Gasteiger partial charge on any atom is -0.487 e. The number of ether oxygens (including phenoxy) is 7. The van der Waals surface area contributed by atoms with Crippen molar-refractivity contribution in [3.05, 3.63) is 154 Å². The van der Waals surface area contributed by atoms with Crippen LogP contribution in [-0.2, 0) is 33.3 Å². The van der Waals surface area contributed by atoms with Crippen molar-refractivity contribution in [2.24, 2.45) is 10.8 Å². The first kappa shape index (κ1) is 67.4. The molecule has 0 saturated carbocycles. The van der Waals surface area contributed by atoms with Crippen LogP contribution >= 0.6 is 0 Å². The largest absolute Gasteiger partial charge is 0.487 e. The highest BCUT2D eigenvalue weighted by Gasteiger charge is 2.40. The lowest BCUT2D eigenvalue weighted by atomic mass is 9.81. The Morgan fingerprint density at radius 3 is 1.26 bits per heavy atom. The minimum absolute atomic E-state index is 0.00657. The summed E-state index contributed by atoms with van der Waals surface area (Å²) >= 11 is 0. The van der Waals surface area contributed by atoms with Gasteiger partial charge in [-0.15, -0.1) is 0 Å². The molecule has 484 valence electrons. The van der Waals surface area contributed by atoms with E-state index in [2.05, 4.69) is 49.6 Å². The highest BCUT2D eigenvalue weighted by atomic mass is 19.1. The molecule has 4 unspecified atom stereocenters. The van der Waals surface area contributed by atoms with Gasteiger partial charge in [0.05, 0.1) is 55.6 Å². The van der Waals surface area contributed by atoms with E-state index in [-0.39, 0.29) is 53.1 Å². The predicted octanol–water partition coefficient (Wildman–Crippen LogP) is 15.7. The number of aryl methyl sites for hydroxylation is 4. The molecule has 10 rings (SSSR count). The van der Waals surface area contributed by atoms with E-state index in [4.69, 9.17) is 43.1 Å². The van der Waals surface area contributed by atoms with Crippen molar-refractivity contribution in [1.29, 1.82) is 0 Å². The van der Waals surface area contributed by atoms with Crippen LogP contribution in [-0.4, -0.2) is 110 Å². The molecule has 0 bridgehead atoms. The number of anilines is 2. The number of pyridine rings is 2. The smallest absolute Gasteiger partial charge is 0.340 e. The Labute approximate surface area is 531 Å². The fourth-order valence-corrected chi connectivity index (χ4v) is 12.8. The molecule has 4 aromatic carbocycles. The number of carbonyl (C=O) groups is 2. The molecule has 0 spiro atoms. The van der Waals surface area contributed by atoms with E-state index in [9.17, 15) is 23.5 Å². The van der Waals surface area contributed by atoms with Gasteiger partial charge in [-0.05, 0) is 183 Å². The van der Waals surface area contributed by atoms with Crippen molar-refractivity contribution < 1.29 is 56.6 Å². The van der Waals surface area contributed by atoms with Gasteiger partial charge in [-0.25, -0.2) is 18.4 Å². The van der Waals surface area contributed by atoms with E-state index >= 15 is 0 Å². The molecule has 4 aliphatic heterocycles. The summed E-state index contributed by atoms with van der Waals surface area (Å²) in [6.07, 6.45) is 1.58. The summed E-state index contributed by atoms with van der Waals surface area (Å²) in [5.74, 6) is -0.509. The molecular weight excluding hydrogens is 1140 g/mol. The molecule has 0 radical (unpaired) electrons. The zero-order valence-electron chi connectivity index (χ0n) is 55.6. The molecule has 4 fully saturated rings. The van der Waals surface area contributed by atoms with E-state index in [1.165, 1.54) is 24.3 Å². The summed E-state index contributed by atoms with van der Waals surface area (Å²) in [5, 5.41) is 10.4. The second-order valence-corrected chi connectivity index (χ2v) is 28.2. The number of esters is 1. The van der Waals surface area contributed by atoms with Crippen molar-refractivity contribution in [2.45, 2.75) is 177 Å². The van der Waals surface area contributed by atoms with Crippen molar-refractivity contribution in [3.63, 3.8) is 0 Å². The standard InChI is InChI=1S/C38H49FN2O5.C36H45FN2O5/c1-9-44-36(42)35(46-37(4,5)6)33-25(3)40-24(2)32(34(33)41-20-18-38(7,8)19-21-41)27-12-16-29(17-13-27)45-31-23-43-22-30(31)26-10-14-28(39)15-11-26;1-22-30(25-10-14-27(15-11-25)43-29-21-42-20-28(29)24-8-12-26(37)13-9-24)32(39-18-16-36(6,7)17-19-39)31(23(2)38-22)33(34(40)41)44-35(3,4)5/h10-17,30-31,35H,9,18-23H2,1-8H3;8-15,28-29,33H,16-21H2,1-7H3,(H,40,41)/t30?,31?,35-;28?,29?,33-/m00/s1. The minimum atomic E-state index is -1.17. The summed E-state index contributed by atoms with van der Waals surface area (Å²) < 4.78 is 69.6. The van der Waals surface area contributed by atoms with Crippen molar-refractivity contribution in [2.75, 3.05) is 69.0 Å². The highest BCUT2D eigenvalue weighted by molar-refractivity contribution is 5.90. The average molecular weight is 1240 g/mol. The normalized spacial score (nSPS) is 20.6. The molecule has 6 aromatic rings. The number of nitrogens with zero attached hydrogens (tertiary/aromatic N) is 4. The van der Waals surface area contributed by atoms with E-state index in [1.807, 2.05) is 113 Å². The first-order chi connectivity index (χ1) is 42.5. The average Bonchev–Trinajstić information content (AvgIpc) is 0.976. The number of aliphatic carboxylic acids is 1. The molecule has 4 aliphatic rings. The van der Waals surface area contributed by atoms with Crippen LogP contribution in [0.5, 0.6) is 11.5 Å². The monoisotopic (exact) mass is 1240 g/mol. The van der Waals surface area contributed by atoms with Gasteiger partial charge in [0.1, 0.15) is 35.3 Å². The fraction of sp³-hybridized carbons (Fsp3) is 0.514. The SMILES string of the molecule is CCOC(=O)[C@@H](OC(C)(C)C)c1c(C)nc(C)c(-c2ccc(OC3COCC3c3ccc(F)cc3)cc2)c1N1CCC(C)(C)CC1.Cc1nc(C)c([C@H](OC(C)(C)C)C(=O)O)c(N2CCC(C)(C)CC2)c1-c1ccc(OC2COCC2c2ccc(F)cc2)cc1. The second kappa shape index (κ2) is 27.9. The number of aromatic nitrogens is 2. The summed E-state index contributed by atoms with van der Waals surface area (Å²) in [7, 11) is 0. The number of halogens is 2. The quantitative estimate of drug-likeness (QED) is 0.0862. The molecule has 6 atom stereocenters. The van der Waals surface area contributed by atoms with Crippen LogP contribution in [0.25, 0.3) is 22.3 Å². The van der Waals surface area contributed by atoms with Crippen LogP contribution in [0.1, 0.15) is 171 Å². The molecular formula is C74H94F2N4O10. The van der Waals surface area contributed by atoms with Crippen molar-refractivity contribution in [1.82, 2.24) is 9.97 Å².